The predicted octanol–water partition coefficient (Wildman–Crippen LogP) is 5.25. The Kier molecular flexibility index (Phi) is 5.26. The number of benzene rings is 3. The summed E-state index contributed by atoms with van der Waals surface area (Å²) in [6, 6.07) is 24.9. The lowest BCUT2D eigenvalue weighted by atomic mass is 9.95. The molecule has 1 aliphatic heterocycles. The van der Waals surface area contributed by atoms with Gasteiger partial charge in [-0.05, 0) is 37.3 Å². The van der Waals surface area contributed by atoms with E-state index in [0.29, 0.717) is 17.7 Å². The van der Waals surface area contributed by atoms with Gasteiger partial charge in [-0.15, -0.1) is 0 Å². The first-order chi connectivity index (χ1) is 16.0. The van der Waals surface area contributed by atoms with Gasteiger partial charge in [0.15, 0.2) is 0 Å². The second-order valence-electron chi connectivity index (χ2n) is 8.23. The van der Waals surface area contributed by atoms with Gasteiger partial charge >= 0.3 is 0 Å². The summed E-state index contributed by atoms with van der Waals surface area (Å²) >= 11 is 0. The molecule has 1 N–H and O–H groups in total. The average Bonchev–Trinajstić information content (AvgIpc) is 3.45. The number of nitrogens with zero attached hydrogens (tertiary/aromatic N) is 4. The van der Waals surface area contributed by atoms with Crippen LogP contribution in [0.3, 0.4) is 0 Å². The number of hydrogen-bond donors (Lipinski definition) is 1. The second kappa shape index (κ2) is 8.39. The highest BCUT2D eigenvalue weighted by atomic mass is 16.3. The molecule has 1 aliphatic rings. The van der Waals surface area contributed by atoms with Crippen molar-refractivity contribution in [2.45, 2.75) is 26.3 Å². The zero-order valence-corrected chi connectivity index (χ0v) is 18.5. The molecule has 1 atom stereocenters. The molecule has 6 heteroatoms. The Morgan fingerprint density at radius 1 is 1.00 bits per heavy atom. The van der Waals surface area contributed by atoms with Gasteiger partial charge in [0.2, 0.25) is 5.91 Å². The van der Waals surface area contributed by atoms with Crippen LogP contribution in [0.5, 0.6) is 5.75 Å². The lowest BCUT2D eigenvalue weighted by Crippen LogP contribution is -2.24. The van der Waals surface area contributed by atoms with E-state index in [9.17, 15) is 9.90 Å². The van der Waals surface area contributed by atoms with Gasteiger partial charge in [-0.3, -0.25) is 4.79 Å². The van der Waals surface area contributed by atoms with Crippen molar-refractivity contribution in [1.82, 2.24) is 14.8 Å². The lowest BCUT2D eigenvalue weighted by molar-refractivity contribution is -0.130. The second-order valence-corrected chi connectivity index (χ2v) is 8.23. The van der Waals surface area contributed by atoms with Gasteiger partial charge in [0.05, 0.1) is 23.1 Å². The SMILES string of the molecule is CC(=O)N1N=C(c2ccccc2O)C[C@@H]1c1cn(-c2ccccc2)nc1-c1cccc(C)c1. The van der Waals surface area contributed by atoms with Gasteiger partial charge < -0.3 is 5.11 Å². The van der Waals surface area contributed by atoms with Crippen molar-refractivity contribution in [3.63, 3.8) is 0 Å². The van der Waals surface area contributed by atoms with Crippen molar-refractivity contribution >= 4 is 11.6 Å². The van der Waals surface area contributed by atoms with Crippen molar-refractivity contribution in [3.8, 4) is 22.7 Å². The summed E-state index contributed by atoms with van der Waals surface area (Å²) in [5.74, 6) is -0.00707. The van der Waals surface area contributed by atoms with E-state index in [1.54, 1.807) is 12.1 Å². The van der Waals surface area contributed by atoms with Gasteiger partial charge in [0.25, 0.3) is 0 Å². The van der Waals surface area contributed by atoms with Crippen LogP contribution >= 0.6 is 0 Å². The number of carbonyl (C=O) groups is 1. The van der Waals surface area contributed by atoms with E-state index in [0.717, 1.165) is 28.1 Å². The molecule has 0 aliphatic carbocycles. The van der Waals surface area contributed by atoms with Crippen LogP contribution in [-0.4, -0.2) is 31.5 Å². The molecule has 0 saturated heterocycles. The Labute approximate surface area is 192 Å². The summed E-state index contributed by atoms with van der Waals surface area (Å²) in [5, 5.41) is 21.4. The average molecular weight is 437 g/mol. The third-order valence-corrected chi connectivity index (χ3v) is 5.86. The van der Waals surface area contributed by atoms with Crippen molar-refractivity contribution in [2.75, 3.05) is 0 Å². The molecule has 6 nitrogen and oxygen atoms in total. The van der Waals surface area contributed by atoms with E-state index < -0.39 is 0 Å². The molecule has 164 valence electrons. The molecule has 4 aromatic rings. The highest BCUT2D eigenvalue weighted by molar-refractivity contribution is 6.05. The number of rotatable bonds is 4. The monoisotopic (exact) mass is 436 g/mol. The fourth-order valence-electron chi connectivity index (χ4n) is 4.28. The first-order valence-corrected chi connectivity index (χ1v) is 10.9. The fourth-order valence-corrected chi connectivity index (χ4v) is 4.28. The maximum atomic E-state index is 12.6. The lowest BCUT2D eigenvalue weighted by Gasteiger charge is -2.20. The largest absolute Gasteiger partial charge is 0.507 e. The molecule has 1 amide bonds. The van der Waals surface area contributed by atoms with Crippen molar-refractivity contribution in [3.05, 3.63) is 102 Å². The molecule has 0 bridgehead atoms. The van der Waals surface area contributed by atoms with Crippen molar-refractivity contribution < 1.29 is 9.90 Å². The van der Waals surface area contributed by atoms with E-state index >= 15 is 0 Å². The summed E-state index contributed by atoms with van der Waals surface area (Å²) in [7, 11) is 0. The van der Waals surface area contributed by atoms with Gasteiger partial charge in [0, 0.05) is 36.2 Å². The number of amides is 1. The van der Waals surface area contributed by atoms with Crippen molar-refractivity contribution in [1.29, 1.82) is 0 Å². The van der Waals surface area contributed by atoms with Crippen LogP contribution in [-0.2, 0) is 4.79 Å². The normalized spacial score (nSPS) is 15.5. The predicted molar refractivity (Wildman–Crippen MR) is 128 cm³/mol. The third kappa shape index (κ3) is 3.91. The molecule has 33 heavy (non-hydrogen) atoms. The Morgan fingerprint density at radius 3 is 2.48 bits per heavy atom. The topological polar surface area (TPSA) is 70.7 Å². The number of phenols is 1. The molecule has 0 unspecified atom stereocenters. The molecule has 1 aromatic heterocycles. The number of carbonyl (C=O) groups excluding carboxylic acids is 1. The maximum absolute atomic E-state index is 12.6. The van der Waals surface area contributed by atoms with Gasteiger partial charge in [-0.25, -0.2) is 9.69 Å². The Bertz CT molecular complexity index is 1360. The van der Waals surface area contributed by atoms with E-state index in [2.05, 4.69) is 11.2 Å². The minimum absolute atomic E-state index is 0.152. The highest BCUT2D eigenvalue weighted by Crippen LogP contribution is 2.39. The summed E-state index contributed by atoms with van der Waals surface area (Å²) in [4.78, 5) is 12.6. The van der Waals surface area contributed by atoms with E-state index in [4.69, 9.17) is 5.10 Å². The Morgan fingerprint density at radius 2 is 1.76 bits per heavy atom. The first-order valence-electron chi connectivity index (χ1n) is 10.9. The molecule has 2 heterocycles. The van der Waals surface area contributed by atoms with Gasteiger partial charge in [-0.2, -0.15) is 10.2 Å². The number of aryl methyl sites for hydroxylation is 1. The maximum Gasteiger partial charge on any atom is 0.240 e. The first kappa shape index (κ1) is 20.7. The standard InChI is InChI=1S/C27H24N4O2/c1-18-9-8-10-20(15-18)27-23(17-30(29-27)21-11-4-3-5-12-21)25-16-24(28-31(25)19(2)32)22-13-6-7-14-26(22)33/h3-15,17,25,33H,16H2,1-2H3/t25-/m1/s1. The minimum Gasteiger partial charge on any atom is -0.507 e. The van der Waals surface area contributed by atoms with E-state index in [-0.39, 0.29) is 17.7 Å². The quantitative estimate of drug-likeness (QED) is 0.475. The Hall–Kier alpha value is -4.19. The van der Waals surface area contributed by atoms with Crippen LogP contribution in [0.25, 0.3) is 16.9 Å². The van der Waals surface area contributed by atoms with E-state index in [1.165, 1.54) is 11.9 Å². The van der Waals surface area contributed by atoms with Crippen LogP contribution in [0, 0.1) is 6.92 Å². The van der Waals surface area contributed by atoms with Crippen LogP contribution in [0.1, 0.15) is 36.1 Å². The van der Waals surface area contributed by atoms with E-state index in [1.807, 2.05) is 78.5 Å². The smallest absolute Gasteiger partial charge is 0.240 e. The van der Waals surface area contributed by atoms with Crippen LogP contribution < -0.4 is 0 Å². The number of phenolic OH excluding ortho intramolecular Hbond substituents is 1. The van der Waals surface area contributed by atoms with Crippen LogP contribution in [0.15, 0.2) is 90.2 Å². The molecular weight excluding hydrogens is 412 g/mol. The summed E-state index contributed by atoms with van der Waals surface area (Å²) in [5.41, 5.74) is 6.09. The van der Waals surface area contributed by atoms with Gasteiger partial charge in [-0.1, -0.05) is 54.1 Å². The molecule has 0 fully saturated rings. The molecular formula is C27H24N4O2. The number of aromatic nitrogens is 2. The minimum atomic E-state index is -0.329. The molecule has 0 radical (unpaired) electrons. The van der Waals surface area contributed by atoms with Crippen LogP contribution in [0.4, 0.5) is 0 Å². The fraction of sp³-hybridized carbons (Fsp3) is 0.148. The number of hydrazone groups is 1. The zero-order chi connectivity index (χ0) is 22.9. The summed E-state index contributed by atoms with van der Waals surface area (Å²) in [6.07, 6.45) is 2.47. The molecule has 5 rings (SSSR count). The molecule has 0 saturated carbocycles. The van der Waals surface area contributed by atoms with Crippen molar-refractivity contribution in [2.24, 2.45) is 5.10 Å². The summed E-state index contributed by atoms with van der Waals surface area (Å²) < 4.78 is 1.85. The van der Waals surface area contributed by atoms with Gasteiger partial charge in [0.1, 0.15) is 5.75 Å². The summed E-state index contributed by atoms with van der Waals surface area (Å²) in [6.45, 7) is 3.56. The third-order valence-electron chi connectivity index (χ3n) is 5.86. The Balaban J connectivity index is 1.64. The molecule has 0 spiro atoms. The zero-order valence-electron chi connectivity index (χ0n) is 18.5. The number of aromatic hydroxyl groups is 1. The van der Waals surface area contributed by atoms with Crippen LogP contribution in [0.2, 0.25) is 0 Å². The number of para-hydroxylation sites is 2. The number of hydrogen-bond acceptors (Lipinski definition) is 4. The molecule has 3 aromatic carbocycles. The highest BCUT2D eigenvalue weighted by Gasteiger charge is 2.35.